The molecule has 0 bridgehead atoms. The minimum Gasteiger partial charge on any atom is -0.360 e. The van der Waals surface area contributed by atoms with Crippen molar-refractivity contribution in [3.63, 3.8) is 0 Å². The van der Waals surface area contributed by atoms with Gasteiger partial charge in [-0.25, -0.2) is 4.79 Å². The second-order valence-corrected chi connectivity index (χ2v) is 5.56. The van der Waals surface area contributed by atoms with Crippen LogP contribution in [0, 0.1) is 0 Å². The largest absolute Gasteiger partial charge is 0.417 e. The number of hydrogen-bond acceptors (Lipinski definition) is 1. The number of halogens is 4. The van der Waals surface area contributed by atoms with Gasteiger partial charge in [0, 0.05) is 25.2 Å². The van der Waals surface area contributed by atoms with Gasteiger partial charge in [-0.15, -0.1) is 0 Å². The topological polar surface area (TPSA) is 44.7 Å². The summed E-state index contributed by atoms with van der Waals surface area (Å²) in [6.07, 6.45) is -3.02. The van der Waals surface area contributed by atoms with Crippen molar-refractivity contribution in [1.29, 1.82) is 0 Å². The van der Waals surface area contributed by atoms with Gasteiger partial charge >= 0.3 is 12.2 Å². The van der Waals surface area contributed by atoms with Crippen LogP contribution in [0.1, 0.15) is 25.3 Å². The van der Waals surface area contributed by atoms with E-state index in [9.17, 15) is 18.0 Å². The van der Waals surface area contributed by atoms with E-state index in [2.05, 4.69) is 10.3 Å². The van der Waals surface area contributed by atoms with Gasteiger partial charge in [-0.1, -0.05) is 11.6 Å². The van der Waals surface area contributed by atoms with E-state index in [0.29, 0.717) is 18.3 Å². The molecule has 2 amide bonds. The maximum Gasteiger partial charge on any atom is 0.417 e. The predicted octanol–water partition coefficient (Wildman–Crippen LogP) is 4.40. The Morgan fingerprint density at radius 2 is 2.14 bits per heavy atom. The summed E-state index contributed by atoms with van der Waals surface area (Å²) in [6, 6.07) is 2.78. The van der Waals surface area contributed by atoms with Crippen molar-refractivity contribution in [2.45, 2.75) is 32.0 Å². The molecule has 1 aliphatic heterocycles. The Morgan fingerprint density at radius 1 is 1.45 bits per heavy atom. The lowest BCUT2D eigenvalue weighted by Crippen LogP contribution is -2.27. The van der Waals surface area contributed by atoms with Crippen LogP contribution in [-0.4, -0.2) is 29.9 Å². The number of nitrogens with zero attached hydrogens (tertiary/aromatic N) is 2. The number of benzene rings is 1. The van der Waals surface area contributed by atoms with Crippen LogP contribution in [0.2, 0.25) is 5.02 Å². The monoisotopic (exact) mass is 333 g/mol. The lowest BCUT2D eigenvalue weighted by atomic mass is 10.2. The van der Waals surface area contributed by atoms with E-state index in [4.69, 9.17) is 11.6 Å². The molecule has 120 valence electrons. The Bertz CT molecular complexity index is 616. The molecule has 0 aliphatic carbocycles. The van der Waals surface area contributed by atoms with Gasteiger partial charge in [-0.3, -0.25) is 0 Å². The second kappa shape index (κ2) is 6.16. The highest BCUT2D eigenvalue weighted by Crippen LogP contribution is 2.36. The average Bonchev–Trinajstić information content (AvgIpc) is 2.71. The van der Waals surface area contributed by atoms with Crippen LogP contribution in [0.5, 0.6) is 0 Å². The van der Waals surface area contributed by atoms with Crippen LogP contribution in [-0.2, 0) is 6.18 Å². The van der Waals surface area contributed by atoms with Crippen molar-refractivity contribution in [3.05, 3.63) is 28.8 Å². The zero-order chi connectivity index (χ0) is 16.5. The number of carbonyl (C=O) groups is 1. The molecule has 2 rings (SSSR count). The normalized spacial score (nSPS) is 20.5. The Morgan fingerprint density at radius 3 is 2.68 bits per heavy atom. The number of amides is 2. The van der Waals surface area contributed by atoms with E-state index in [1.54, 1.807) is 0 Å². The summed E-state index contributed by atoms with van der Waals surface area (Å²) in [7, 11) is 1.83. The van der Waals surface area contributed by atoms with Crippen molar-refractivity contribution in [2.75, 3.05) is 12.4 Å². The smallest absolute Gasteiger partial charge is 0.360 e. The van der Waals surface area contributed by atoms with Gasteiger partial charge in [0.25, 0.3) is 0 Å². The first-order valence-corrected chi connectivity index (χ1v) is 7.04. The van der Waals surface area contributed by atoms with Gasteiger partial charge in [0.1, 0.15) is 5.84 Å². The first-order chi connectivity index (χ1) is 10.2. The van der Waals surface area contributed by atoms with E-state index >= 15 is 0 Å². The third kappa shape index (κ3) is 3.71. The molecule has 22 heavy (non-hydrogen) atoms. The fraction of sp³-hybridized carbons (Fsp3) is 0.429. The van der Waals surface area contributed by atoms with Crippen molar-refractivity contribution in [3.8, 4) is 0 Å². The summed E-state index contributed by atoms with van der Waals surface area (Å²) in [5.41, 5.74) is -0.994. The van der Waals surface area contributed by atoms with Crippen LogP contribution < -0.4 is 5.32 Å². The number of urea groups is 1. The van der Waals surface area contributed by atoms with Crippen LogP contribution in [0.3, 0.4) is 0 Å². The zero-order valence-electron chi connectivity index (χ0n) is 12.0. The number of likely N-dealkylation sites (tertiary alicyclic amines) is 1. The summed E-state index contributed by atoms with van der Waals surface area (Å²) < 4.78 is 38.3. The molecular weight excluding hydrogens is 319 g/mol. The molecule has 1 aromatic rings. The molecule has 4 nitrogen and oxygen atoms in total. The van der Waals surface area contributed by atoms with Gasteiger partial charge in [-0.05, 0) is 31.5 Å². The predicted molar refractivity (Wildman–Crippen MR) is 79.4 cm³/mol. The molecule has 1 N–H and O–H groups in total. The van der Waals surface area contributed by atoms with Gasteiger partial charge < -0.3 is 10.2 Å². The van der Waals surface area contributed by atoms with Crippen LogP contribution in [0.15, 0.2) is 23.2 Å². The fourth-order valence-electron chi connectivity index (χ4n) is 2.19. The van der Waals surface area contributed by atoms with E-state index < -0.39 is 22.8 Å². The van der Waals surface area contributed by atoms with Crippen LogP contribution in [0.4, 0.5) is 23.7 Å². The molecule has 1 aromatic carbocycles. The summed E-state index contributed by atoms with van der Waals surface area (Å²) in [5.74, 6) is 0.620. The molecule has 0 aromatic heterocycles. The minimum atomic E-state index is -4.58. The molecule has 1 atom stereocenters. The summed E-state index contributed by atoms with van der Waals surface area (Å²) in [5, 5.41) is 1.92. The molecule has 0 radical (unpaired) electrons. The van der Waals surface area contributed by atoms with Crippen LogP contribution >= 0.6 is 11.6 Å². The highest BCUT2D eigenvalue weighted by molar-refractivity contribution is 6.31. The van der Waals surface area contributed by atoms with Gasteiger partial charge in [0.05, 0.1) is 10.6 Å². The van der Waals surface area contributed by atoms with E-state index in [1.807, 2.05) is 18.9 Å². The molecule has 0 spiro atoms. The molecule has 1 aliphatic rings. The SMILES string of the molecule is CC1CCC(=NC(=O)Nc2ccc(Cl)c(C(F)(F)F)c2)N1C. The maximum atomic E-state index is 12.8. The number of nitrogens with one attached hydrogen (secondary N) is 1. The van der Waals surface area contributed by atoms with Crippen molar-refractivity contribution >= 4 is 29.2 Å². The van der Waals surface area contributed by atoms with Crippen LogP contribution in [0.25, 0.3) is 0 Å². The van der Waals surface area contributed by atoms with Crippen molar-refractivity contribution < 1.29 is 18.0 Å². The van der Waals surface area contributed by atoms with Gasteiger partial charge in [0.2, 0.25) is 0 Å². The lowest BCUT2D eigenvalue weighted by molar-refractivity contribution is -0.137. The lowest BCUT2D eigenvalue weighted by Gasteiger charge is -2.17. The second-order valence-electron chi connectivity index (χ2n) is 5.15. The molecule has 1 heterocycles. The number of rotatable bonds is 1. The van der Waals surface area contributed by atoms with E-state index in [-0.39, 0.29) is 5.69 Å². The zero-order valence-corrected chi connectivity index (χ0v) is 12.8. The molecule has 1 saturated heterocycles. The number of hydrogen-bond donors (Lipinski definition) is 1. The Balaban J connectivity index is 2.14. The maximum absolute atomic E-state index is 12.8. The van der Waals surface area contributed by atoms with Crippen molar-refractivity contribution in [1.82, 2.24) is 4.90 Å². The highest BCUT2D eigenvalue weighted by atomic mass is 35.5. The standard InChI is InChI=1S/C14H15ClF3N3O/c1-8-3-6-12(21(8)2)20-13(22)19-9-4-5-11(15)10(7-9)14(16,17)18/h4-5,7-8H,3,6H2,1-2H3,(H,19,22). The first kappa shape index (κ1) is 16.6. The average molecular weight is 334 g/mol. The number of aliphatic imine (C=N–C) groups is 1. The number of anilines is 1. The number of carbonyl (C=O) groups excluding carboxylic acids is 1. The quantitative estimate of drug-likeness (QED) is 0.827. The molecule has 8 heteroatoms. The molecule has 1 unspecified atom stereocenters. The van der Waals surface area contributed by atoms with E-state index in [0.717, 1.165) is 18.6 Å². The molecule has 1 fully saturated rings. The van der Waals surface area contributed by atoms with E-state index in [1.165, 1.54) is 6.07 Å². The summed E-state index contributed by atoms with van der Waals surface area (Å²) in [4.78, 5) is 17.6. The molecule has 0 saturated carbocycles. The summed E-state index contributed by atoms with van der Waals surface area (Å²) in [6.45, 7) is 2.01. The van der Waals surface area contributed by atoms with Gasteiger partial charge in [0.15, 0.2) is 0 Å². The summed E-state index contributed by atoms with van der Waals surface area (Å²) >= 11 is 5.52. The Kier molecular flexibility index (Phi) is 4.65. The first-order valence-electron chi connectivity index (χ1n) is 6.66. The highest BCUT2D eigenvalue weighted by Gasteiger charge is 2.33. The third-order valence-corrected chi connectivity index (χ3v) is 3.94. The molecular formula is C14H15ClF3N3O. The fourth-order valence-corrected chi connectivity index (χ4v) is 2.41. The van der Waals surface area contributed by atoms with Crippen molar-refractivity contribution in [2.24, 2.45) is 4.99 Å². The minimum absolute atomic E-state index is 0.000210. The third-order valence-electron chi connectivity index (χ3n) is 3.61. The van der Waals surface area contributed by atoms with Gasteiger partial charge in [-0.2, -0.15) is 18.2 Å². The number of alkyl halides is 3. The Hall–Kier alpha value is -1.76. The Labute approximate surface area is 131 Å². The number of amidine groups is 1.